The Morgan fingerprint density at radius 2 is 2.13 bits per heavy atom. The van der Waals surface area contributed by atoms with Gasteiger partial charge in [-0.25, -0.2) is 18.6 Å². The van der Waals surface area contributed by atoms with E-state index in [9.17, 15) is 13.6 Å². The van der Waals surface area contributed by atoms with Gasteiger partial charge in [-0.15, -0.1) is 0 Å². The standard InChI is InChI=1S/C16H22F2N4O/c17-14(18)10-22-6-5-13(9-22)20-16(23)21-15-7-11-3-1-2-4-12(11)8-19-15/h7-8,13-14H,1-6,9-10H2,(H2,19,20,21,23). The highest BCUT2D eigenvalue weighted by Gasteiger charge is 2.25. The first-order valence-electron chi connectivity index (χ1n) is 8.16. The van der Waals surface area contributed by atoms with Gasteiger partial charge in [0.2, 0.25) is 0 Å². The molecule has 1 atom stereocenters. The average molecular weight is 324 g/mol. The summed E-state index contributed by atoms with van der Waals surface area (Å²) < 4.78 is 24.7. The molecule has 2 aliphatic rings. The van der Waals surface area contributed by atoms with Crippen LogP contribution in [0.4, 0.5) is 19.4 Å². The lowest BCUT2D eigenvalue weighted by Gasteiger charge is -2.18. The number of hydrogen-bond acceptors (Lipinski definition) is 3. The first-order valence-corrected chi connectivity index (χ1v) is 8.16. The van der Waals surface area contributed by atoms with Gasteiger partial charge >= 0.3 is 6.03 Å². The minimum atomic E-state index is -2.33. The van der Waals surface area contributed by atoms with Crippen molar-refractivity contribution in [3.63, 3.8) is 0 Å². The van der Waals surface area contributed by atoms with Gasteiger partial charge in [0.1, 0.15) is 5.82 Å². The maximum atomic E-state index is 12.4. The molecular formula is C16H22F2N4O. The minimum absolute atomic E-state index is 0.0913. The molecule has 1 fully saturated rings. The zero-order valence-corrected chi connectivity index (χ0v) is 13.0. The number of urea groups is 1. The minimum Gasteiger partial charge on any atom is -0.334 e. The average Bonchev–Trinajstić information content (AvgIpc) is 2.93. The molecule has 2 N–H and O–H groups in total. The molecule has 2 amide bonds. The molecule has 126 valence electrons. The fourth-order valence-corrected chi connectivity index (χ4v) is 3.33. The molecule has 0 radical (unpaired) electrons. The molecule has 1 saturated heterocycles. The van der Waals surface area contributed by atoms with Gasteiger partial charge in [-0.3, -0.25) is 10.2 Å². The summed E-state index contributed by atoms with van der Waals surface area (Å²) in [6.07, 6.45) is 4.64. The summed E-state index contributed by atoms with van der Waals surface area (Å²) in [4.78, 5) is 18.0. The van der Waals surface area contributed by atoms with Crippen molar-refractivity contribution in [1.82, 2.24) is 15.2 Å². The Kier molecular flexibility index (Phi) is 5.05. The van der Waals surface area contributed by atoms with E-state index in [-0.39, 0.29) is 18.6 Å². The quantitative estimate of drug-likeness (QED) is 0.894. The molecule has 5 nitrogen and oxygen atoms in total. The molecule has 1 aliphatic carbocycles. The molecule has 1 aromatic heterocycles. The van der Waals surface area contributed by atoms with Crippen molar-refractivity contribution in [2.75, 3.05) is 25.0 Å². The summed E-state index contributed by atoms with van der Waals surface area (Å²) in [5, 5.41) is 5.58. The van der Waals surface area contributed by atoms with Crippen molar-refractivity contribution in [3.8, 4) is 0 Å². The zero-order valence-electron chi connectivity index (χ0n) is 13.0. The highest BCUT2D eigenvalue weighted by Crippen LogP contribution is 2.22. The van der Waals surface area contributed by atoms with Crippen LogP contribution in [-0.4, -0.2) is 48.0 Å². The molecule has 1 unspecified atom stereocenters. The van der Waals surface area contributed by atoms with E-state index in [1.807, 2.05) is 12.3 Å². The van der Waals surface area contributed by atoms with Crippen molar-refractivity contribution >= 4 is 11.8 Å². The highest BCUT2D eigenvalue weighted by molar-refractivity contribution is 5.88. The summed E-state index contributed by atoms with van der Waals surface area (Å²) in [7, 11) is 0. The van der Waals surface area contributed by atoms with Crippen molar-refractivity contribution in [1.29, 1.82) is 0 Å². The number of fused-ring (bicyclic) bond motifs is 1. The predicted molar refractivity (Wildman–Crippen MR) is 83.9 cm³/mol. The molecule has 0 bridgehead atoms. The van der Waals surface area contributed by atoms with Gasteiger partial charge in [0, 0.05) is 25.3 Å². The smallest absolute Gasteiger partial charge is 0.320 e. The number of hydrogen-bond donors (Lipinski definition) is 2. The summed E-state index contributed by atoms with van der Waals surface area (Å²) >= 11 is 0. The Hall–Kier alpha value is -1.76. The van der Waals surface area contributed by atoms with Gasteiger partial charge in [-0.1, -0.05) is 0 Å². The van der Waals surface area contributed by atoms with Crippen LogP contribution >= 0.6 is 0 Å². The molecule has 2 heterocycles. The molecule has 7 heteroatoms. The number of halogens is 2. The van der Waals surface area contributed by atoms with Crippen LogP contribution in [-0.2, 0) is 12.8 Å². The van der Waals surface area contributed by atoms with E-state index >= 15 is 0 Å². The van der Waals surface area contributed by atoms with Gasteiger partial charge in [0.25, 0.3) is 6.43 Å². The third-order valence-corrected chi connectivity index (χ3v) is 4.47. The van der Waals surface area contributed by atoms with E-state index in [1.165, 1.54) is 24.0 Å². The number of nitrogens with one attached hydrogen (secondary N) is 2. The number of aryl methyl sites for hydroxylation is 2. The van der Waals surface area contributed by atoms with Crippen molar-refractivity contribution in [3.05, 3.63) is 23.4 Å². The number of amides is 2. The molecule has 3 rings (SSSR count). The molecule has 0 spiro atoms. The number of rotatable bonds is 4. The van der Waals surface area contributed by atoms with Crippen LogP contribution in [0.25, 0.3) is 0 Å². The van der Waals surface area contributed by atoms with Crippen LogP contribution in [0.15, 0.2) is 12.3 Å². The number of carbonyl (C=O) groups is 1. The fraction of sp³-hybridized carbons (Fsp3) is 0.625. The summed E-state index contributed by atoms with van der Waals surface area (Å²) in [5.74, 6) is 0.547. The van der Waals surface area contributed by atoms with Crippen LogP contribution < -0.4 is 10.6 Å². The van der Waals surface area contributed by atoms with Gasteiger partial charge in [0.05, 0.1) is 6.54 Å². The van der Waals surface area contributed by atoms with Crippen LogP contribution in [0.2, 0.25) is 0 Å². The lowest BCUT2D eigenvalue weighted by Crippen LogP contribution is -2.40. The van der Waals surface area contributed by atoms with E-state index in [0.717, 1.165) is 12.8 Å². The number of anilines is 1. The molecule has 0 saturated carbocycles. The first-order chi connectivity index (χ1) is 11.1. The topological polar surface area (TPSA) is 57.3 Å². The van der Waals surface area contributed by atoms with Crippen molar-refractivity contribution < 1.29 is 13.6 Å². The maximum absolute atomic E-state index is 12.4. The number of aromatic nitrogens is 1. The van der Waals surface area contributed by atoms with E-state index in [1.54, 1.807) is 4.90 Å². The Balaban J connectivity index is 1.50. The normalized spacial score (nSPS) is 21.3. The van der Waals surface area contributed by atoms with Crippen LogP contribution in [0.5, 0.6) is 0 Å². The number of carbonyl (C=O) groups excluding carboxylic acids is 1. The van der Waals surface area contributed by atoms with Gasteiger partial charge in [-0.05, 0) is 49.3 Å². The molecule has 0 aromatic carbocycles. The van der Waals surface area contributed by atoms with E-state index in [2.05, 4.69) is 15.6 Å². The first kappa shape index (κ1) is 16.1. The second-order valence-corrected chi connectivity index (χ2v) is 6.28. The monoisotopic (exact) mass is 324 g/mol. The van der Waals surface area contributed by atoms with E-state index in [4.69, 9.17) is 0 Å². The molecule has 1 aliphatic heterocycles. The zero-order chi connectivity index (χ0) is 16.2. The molecule has 23 heavy (non-hydrogen) atoms. The van der Waals surface area contributed by atoms with Crippen LogP contribution in [0.1, 0.15) is 30.4 Å². The van der Waals surface area contributed by atoms with Gasteiger partial charge in [0.15, 0.2) is 0 Å². The predicted octanol–water partition coefficient (Wildman–Crippen LogP) is 2.42. The largest absolute Gasteiger partial charge is 0.334 e. The summed E-state index contributed by atoms with van der Waals surface area (Å²) in [6.45, 7) is 0.827. The number of pyridine rings is 1. The van der Waals surface area contributed by atoms with Gasteiger partial charge < -0.3 is 5.32 Å². The second-order valence-electron chi connectivity index (χ2n) is 6.28. The Morgan fingerprint density at radius 1 is 1.35 bits per heavy atom. The third-order valence-electron chi connectivity index (χ3n) is 4.47. The van der Waals surface area contributed by atoms with Crippen molar-refractivity contribution in [2.24, 2.45) is 0 Å². The van der Waals surface area contributed by atoms with Gasteiger partial charge in [-0.2, -0.15) is 0 Å². The Labute approximate surface area is 134 Å². The lowest BCUT2D eigenvalue weighted by molar-refractivity contribution is 0.0988. The Morgan fingerprint density at radius 3 is 2.91 bits per heavy atom. The number of nitrogens with zero attached hydrogens (tertiary/aromatic N) is 2. The summed E-state index contributed by atoms with van der Waals surface area (Å²) in [5.41, 5.74) is 2.52. The molecule has 1 aromatic rings. The SMILES string of the molecule is O=C(Nc1cc2c(cn1)CCCC2)NC1CCN(CC(F)F)C1. The highest BCUT2D eigenvalue weighted by atomic mass is 19.3. The third kappa shape index (κ3) is 4.37. The number of likely N-dealkylation sites (tertiary alicyclic amines) is 1. The fourth-order valence-electron chi connectivity index (χ4n) is 3.33. The van der Waals surface area contributed by atoms with Crippen molar-refractivity contribution in [2.45, 2.75) is 44.6 Å². The Bertz CT molecular complexity index is 567. The van der Waals surface area contributed by atoms with Crippen LogP contribution in [0.3, 0.4) is 0 Å². The summed E-state index contributed by atoms with van der Waals surface area (Å²) in [6, 6.07) is 1.52. The maximum Gasteiger partial charge on any atom is 0.320 e. The second kappa shape index (κ2) is 7.21. The lowest BCUT2D eigenvalue weighted by atomic mass is 9.93. The van der Waals surface area contributed by atoms with E-state index < -0.39 is 6.43 Å². The van der Waals surface area contributed by atoms with Crippen LogP contribution in [0, 0.1) is 0 Å². The number of alkyl halides is 2. The van der Waals surface area contributed by atoms with E-state index in [0.29, 0.717) is 25.3 Å². The molecular weight excluding hydrogens is 302 g/mol.